The number of hydrogen-bond donors (Lipinski definition) is 2. The summed E-state index contributed by atoms with van der Waals surface area (Å²) in [5.74, 6) is 0.538. The highest BCUT2D eigenvalue weighted by atomic mass is 35.5. The summed E-state index contributed by atoms with van der Waals surface area (Å²) in [6, 6.07) is 26.4. The number of aromatic nitrogens is 3. The van der Waals surface area contributed by atoms with Gasteiger partial charge in [-0.2, -0.15) is 5.10 Å². The maximum atomic E-state index is 13.6. The first-order chi connectivity index (χ1) is 17.0. The molecule has 3 aromatic carbocycles. The first kappa shape index (κ1) is 22.6. The molecule has 0 unspecified atom stereocenters. The van der Waals surface area contributed by atoms with Crippen LogP contribution in [0.5, 0.6) is 5.75 Å². The second-order valence-electron chi connectivity index (χ2n) is 8.19. The van der Waals surface area contributed by atoms with Gasteiger partial charge in [0.2, 0.25) is 0 Å². The van der Waals surface area contributed by atoms with Crippen LogP contribution >= 0.6 is 11.6 Å². The second kappa shape index (κ2) is 9.60. The fourth-order valence-corrected chi connectivity index (χ4v) is 4.16. The Balaban J connectivity index is 1.63. The molecular weight excluding hydrogens is 460 g/mol. The molecule has 0 spiro atoms. The van der Waals surface area contributed by atoms with Gasteiger partial charge in [0, 0.05) is 16.1 Å². The minimum atomic E-state index is -0.208. The summed E-state index contributed by atoms with van der Waals surface area (Å²) in [6.07, 6.45) is 0. The molecule has 0 radical (unpaired) electrons. The Hall–Kier alpha value is -4.16. The van der Waals surface area contributed by atoms with E-state index in [1.165, 1.54) is 0 Å². The van der Waals surface area contributed by atoms with Gasteiger partial charge in [0.05, 0.1) is 35.5 Å². The number of hydrogen-bond acceptors (Lipinski definition) is 4. The second-order valence-corrected chi connectivity index (χ2v) is 8.63. The largest absolute Gasteiger partial charge is 0.497 e. The van der Waals surface area contributed by atoms with Crippen LogP contribution in [0.2, 0.25) is 5.02 Å². The fourth-order valence-electron chi connectivity index (χ4n) is 4.04. The van der Waals surface area contributed by atoms with E-state index in [4.69, 9.17) is 21.3 Å². The number of H-pyrrole nitrogens is 1. The number of methoxy groups -OCH3 is 1. The van der Waals surface area contributed by atoms with Gasteiger partial charge >= 0.3 is 0 Å². The van der Waals surface area contributed by atoms with Gasteiger partial charge in [-0.05, 0) is 55.0 Å². The van der Waals surface area contributed by atoms with E-state index in [1.807, 2.05) is 73.7 Å². The van der Waals surface area contributed by atoms with E-state index in [9.17, 15) is 4.79 Å². The van der Waals surface area contributed by atoms with Crippen molar-refractivity contribution in [3.63, 3.8) is 0 Å². The molecule has 0 saturated heterocycles. The molecule has 0 aliphatic heterocycles. The van der Waals surface area contributed by atoms with Crippen molar-refractivity contribution >= 4 is 28.5 Å². The lowest BCUT2D eigenvalue weighted by atomic mass is 10.0. The maximum absolute atomic E-state index is 13.6. The van der Waals surface area contributed by atoms with Gasteiger partial charge in [-0.25, -0.2) is 4.98 Å². The molecule has 0 aliphatic carbocycles. The van der Waals surface area contributed by atoms with Gasteiger partial charge in [-0.15, -0.1) is 0 Å². The molecule has 6 nitrogen and oxygen atoms in total. The molecule has 1 atom stereocenters. The number of benzene rings is 3. The molecule has 174 valence electrons. The van der Waals surface area contributed by atoms with Crippen molar-refractivity contribution in [2.75, 3.05) is 7.11 Å². The minimum absolute atomic E-state index is 0.178. The Labute approximate surface area is 207 Å². The molecule has 2 aromatic heterocycles. The summed E-state index contributed by atoms with van der Waals surface area (Å²) < 4.78 is 5.28. The van der Waals surface area contributed by atoms with E-state index in [1.54, 1.807) is 25.3 Å². The SMILES string of the molecule is COc1ccc(-c2[nH]nc3nc(-c4ccc(Cl)cc4)cc(C(=O)N[C@H](C)c4ccccc4)c23)cc1. The first-order valence-electron chi connectivity index (χ1n) is 11.2. The Morgan fingerprint density at radius 1 is 0.971 bits per heavy atom. The van der Waals surface area contributed by atoms with Gasteiger partial charge in [-0.1, -0.05) is 54.1 Å². The number of fused-ring (bicyclic) bond motifs is 1. The van der Waals surface area contributed by atoms with E-state index in [-0.39, 0.29) is 11.9 Å². The number of carbonyl (C=O) groups excluding carboxylic acids is 1. The number of amides is 1. The minimum Gasteiger partial charge on any atom is -0.497 e. The monoisotopic (exact) mass is 482 g/mol. The van der Waals surface area contributed by atoms with Crippen LogP contribution in [0.3, 0.4) is 0 Å². The third-order valence-corrected chi connectivity index (χ3v) is 6.19. The lowest BCUT2D eigenvalue weighted by Crippen LogP contribution is -2.27. The third-order valence-electron chi connectivity index (χ3n) is 5.93. The highest BCUT2D eigenvalue weighted by Crippen LogP contribution is 2.33. The average molecular weight is 483 g/mol. The van der Waals surface area contributed by atoms with Crippen LogP contribution in [-0.2, 0) is 0 Å². The fraction of sp³-hybridized carbons (Fsp3) is 0.107. The number of ether oxygens (including phenoxy) is 1. The molecule has 1 amide bonds. The van der Waals surface area contributed by atoms with Crippen molar-refractivity contribution in [2.24, 2.45) is 0 Å². The molecule has 5 rings (SSSR count). The van der Waals surface area contributed by atoms with E-state index in [2.05, 4.69) is 15.5 Å². The van der Waals surface area contributed by atoms with E-state index >= 15 is 0 Å². The highest BCUT2D eigenvalue weighted by Gasteiger charge is 2.22. The van der Waals surface area contributed by atoms with Gasteiger partial charge in [0.15, 0.2) is 5.65 Å². The van der Waals surface area contributed by atoms with Crippen molar-refractivity contribution in [1.82, 2.24) is 20.5 Å². The molecule has 5 aromatic rings. The first-order valence-corrected chi connectivity index (χ1v) is 11.6. The molecule has 2 heterocycles. The van der Waals surface area contributed by atoms with Gasteiger partial charge in [0.25, 0.3) is 5.91 Å². The molecule has 0 fully saturated rings. The highest BCUT2D eigenvalue weighted by molar-refractivity contribution is 6.30. The van der Waals surface area contributed by atoms with E-state index in [0.717, 1.165) is 28.1 Å². The zero-order valence-corrected chi connectivity index (χ0v) is 20.0. The number of rotatable bonds is 6. The lowest BCUT2D eigenvalue weighted by molar-refractivity contribution is 0.0941. The van der Waals surface area contributed by atoms with E-state index < -0.39 is 0 Å². The molecule has 2 N–H and O–H groups in total. The van der Waals surface area contributed by atoms with Gasteiger partial charge in [-0.3, -0.25) is 9.89 Å². The summed E-state index contributed by atoms with van der Waals surface area (Å²) in [5.41, 5.74) is 5.04. The number of nitrogens with one attached hydrogen (secondary N) is 2. The van der Waals surface area contributed by atoms with Crippen molar-refractivity contribution in [3.05, 3.63) is 101 Å². The number of carbonyl (C=O) groups is 1. The smallest absolute Gasteiger partial charge is 0.252 e. The zero-order valence-electron chi connectivity index (χ0n) is 19.2. The Morgan fingerprint density at radius 3 is 2.34 bits per heavy atom. The Bertz CT molecular complexity index is 1480. The molecule has 0 bridgehead atoms. The number of aromatic amines is 1. The Morgan fingerprint density at radius 2 is 1.66 bits per heavy atom. The number of halogens is 1. The maximum Gasteiger partial charge on any atom is 0.252 e. The van der Waals surface area contributed by atoms with Crippen LogP contribution in [0.25, 0.3) is 33.5 Å². The van der Waals surface area contributed by atoms with Gasteiger partial charge in [0.1, 0.15) is 5.75 Å². The summed E-state index contributed by atoms with van der Waals surface area (Å²) in [7, 11) is 1.62. The van der Waals surface area contributed by atoms with Crippen molar-refractivity contribution in [3.8, 4) is 28.3 Å². The van der Waals surface area contributed by atoms with Crippen LogP contribution in [0.1, 0.15) is 28.9 Å². The summed E-state index contributed by atoms with van der Waals surface area (Å²) >= 11 is 6.07. The topological polar surface area (TPSA) is 79.9 Å². The average Bonchev–Trinajstić information content (AvgIpc) is 3.33. The van der Waals surface area contributed by atoms with Crippen LogP contribution in [0.15, 0.2) is 84.9 Å². The van der Waals surface area contributed by atoms with Crippen LogP contribution in [-0.4, -0.2) is 28.2 Å². The standard InChI is InChI=1S/C28H23ClN4O2/c1-17(18-6-4-3-5-7-18)30-28(34)23-16-24(19-8-12-21(29)13-9-19)31-27-25(23)26(32-33-27)20-10-14-22(35-2)15-11-20/h3-17H,1-2H3,(H,30,34)(H,31,32,33)/t17-/m1/s1. The van der Waals surface area contributed by atoms with Crippen molar-refractivity contribution in [2.45, 2.75) is 13.0 Å². The lowest BCUT2D eigenvalue weighted by Gasteiger charge is -2.15. The van der Waals surface area contributed by atoms with E-state index in [0.29, 0.717) is 27.3 Å². The summed E-state index contributed by atoms with van der Waals surface area (Å²) in [6.45, 7) is 1.96. The molecule has 35 heavy (non-hydrogen) atoms. The van der Waals surface area contributed by atoms with Crippen molar-refractivity contribution < 1.29 is 9.53 Å². The predicted molar refractivity (Wildman–Crippen MR) is 139 cm³/mol. The van der Waals surface area contributed by atoms with Gasteiger partial charge < -0.3 is 10.1 Å². The van der Waals surface area contributed by atoms with Crippen LogP contribution in [0, 0.1) is 0 Å². The molecule has 7 heteroatoms. The third kappa shape index (κ3) is 4.61. The molecular formula is C28H23ClN4O2. The molecule has 0 saturated carbocycles. The predicted octanol–water partition coefficient (Wildman–Crippen LogP) is 6.44. The quantitative estimate of drug-likeness (QED) is 0.291. The Kier molecular flexibility index (Phi) is 6.21. The zero-order chi connectivity index (χ0) is 24.4. The summed E-state index contributed by atoms with van der Waals surface area (Å²) in [4.78, 5) is 18.4. The van der Waals surface area contributed by atoms with Crippen LogP contribution < -0.4 is 10.1 Å². The van der Waals surface area contributed by atoms with Crippen molar-refractivity contribution in [1.29, 1.82) is 0 Å². The van der Waals surface area contributed by atoms with Crippen LogP contribution in [0.4, 0.5) is 0 Å². The number of nitrogens with zero attached hydrogens (tertiary/aromatic N) is 2. The normalized spacial score (nSPS) is 11.9. The summed E-state index contributed by atoms with van der Waals surface area (Å²) in [5, 5.41) is 11.9. The molecule has 0 aliphatic rings. The number of pyridine rings is 1.